The quantitative estimate of drug-likeness (QED) is 0.372. The van der Waals surface area contributed by atoms with Crippen LogP contribution in [-0.2, 0) is 26.2 Å². The summed E-state index contributed by atoms with van der Waals surface area (Å²) in [6.07, 6.45) is 17.0. The molecule has 0 unspecified atom stereocenters. The molecule has 143 valence electrons. The van der Waals surface area contributed by atoms with Gasteiger partial charge >= 0.3 is 53.1 Å². The standard InChI is InChI=1S/2C11H9.C2H7Ge.2ClH.Zr/c2*1-2-6-10(7-3-1)11-8-4-5-9-11;1-3-2;;;/h2*1-4,6-8H,5H2;3H,1-2H3;2*1H;/q2*-1;;;;+4/p-2. The third-order valence-electron chi connectivity index (χ3n) is 3.56. The van der Waals surface area contributed by atoms with Gasteiger partial charge in [0.1, 0.15) is 0 Å². The monoisotopic (exact) mass is 547 g/mol. The average molecular weight is 548 g/mol. The number of allylic oxidation sites excluding steroid dienone is 8. The van der Waals surface area contributed by atoms with Crippen LogP contribution >= 0.6 is 0 Å². The Labute approximate surface area is 208 Å². The fraction of sp³-hybridized carbons (Fsp3) is 0.167. The molecule has 4 heteroatoms. The van der Waals surface area contributed by atoms with Crippen LogP contribution in [0.5, 0.6) is 0 Å². The van der Waals surface area contributed by atoms with E-state index in [0.717, 1.165) is 12.8 Å². The number of benzene rings is 2. The Morgan fingerprint density at radius 3 is 1.21 bits per heavy atom. The van der Waals surface area contributed by atoms with E-state index in [1.165, 1.54) is 22.3 Å². The van der Waals surface area contributed by atoms with Crippen LogP contribution in [0.4, 0.5) is 0 Å². The Hall–Kier alpha value is -0.594. The van der Waals surface area contributed by atoms with E-state index >= 15 is 0 Å². The van der Waals surface area contributed by atoms with E-state index in [4.69, 9.17) is 0 Å². The summed E-state index contributed by atoms with van der Waals surface area (Å²) in [5.74, 6) is 4.56. The minimum atomic E-state index is 0. The van der Waals surface area contributed by atoms with Crippen molar-refractivity contribution < 1.29 is 51.0 Å². The van der Waals surface area contributed by atoms with Gasteiger partial charge in [-0.3, -0.25) is 0 Å². The molecule has 0 amide bonds. The van der Waals surface area contributed by atoms with Gasteiger partial charge in [-0.2, -0.15) is 35.5 Å². The van der Waals surface area contributed by atoms with Crippen molar-refractivity contribution in [3.05, 3.63) is 108 Å². The molecule has 0 atom stereocenters. The predicted molar refractivity (Wildman–Crippen MR) is 113 cm³/mol. The van der Waals surface area contributed by atoms with Crippen LogP contribution in [0.15, 0.2) is 85.0 Å². The third kappa shape index (κ3) is 10.8. The fourth-order valence-electron chi connectivity index (χ4n) is 2.44. The summed E-state index contributed by atoms with van der Waals surface area (Å²) in [5, 5.41) is 0. The fourth-order valence-corrected chi connectivity index (χ4v) is 2.44. The first kappa shape index (κ1) is 29.6. The summed E-state index contributed by atoms with van der Waals surface area (Å²) >= 11 is 0.312. The molecule has 1 radical (unpaired) electrons. The first-order valence-electron chi connectivity index (χ1n) is 8.74. The summed E-state index contributed by atoms with van der Waals surface area (Å²) in [6, 6.07) is 20.7. The largest absolute Gasteiger partial charge is 4.00 e. The molecule has 0 heterocycles. The van der Waals surface area contributed by atoms with E-state index < -0.39 is 0 Å². The summed E-state index contributed by atoms with van der Waals surface area (Å²) < 4.78 is 0. The summed E-state index contributed by atoms with van der Waals surface area (Å²) in [4.78, 5) is 0. The van der Waals surface area contributed by atoms with Crippen LogP contribution in [0.25, 0.3) is 11.1 Å². The Morgan fingerprint density at radius 1 is 0.643 bits per heavy atom. The molecule has 0 nitrogen and oxygen atoms in total. The Kier molecular flexibility index (Phi) is 19.5. The second kappa shape index (κ2) is 18.4. The maximum Gasteiger partial charge on any atom is 4.00 e. The number of rotatable bonds is 2. The number of hydrogen-bond acceptors (Lipinski definition) is 0. The molecular formula is C24H25Cl2GeZr. The van der Waals surface area contributed by atoms with Crippen molar-refractivity contribution in [1.82, 2.24) is 0 Å². The Morgan fingerprint density at radius 2 is 0.964 bits per heavy atom. The topological polar surface area (TPSA) is 0 Å². The molecule has 0 saturated heterocycles. The molecule has 0 saturated carbocycles. The molecule has 2 aliphatic carbocycles. The maximum absolute atomic E-state index is 3.28. The van der Waals surface area contributed by atoms with Crippen molar-refractivity contribution in [2.75, 3.05) is 0 Å². The van der Waals surface area contributed by atoms with Gasteiger partial charge in [0.2, 0.25) is 0 Å². The second-order valence-electron chi connectivity index (χ2n) is 5.70. The molecule has 0 bridgehead atoms. The molecular weight excluding hydrogens is 523 g/mol. The van der Waals surface area contributed by atoms with Gasteiger partial charge in [0.25, 0.3) is 0 Å². The van der Waals surface area contributed by atoms with Crippen LogP contribution in [0, 0.1) is 12.2 Å². The van der Waals surface area contributed by atoms with Gasteiger partial charge in [0.15, 0.2) is 0 Å². The van der Waals surface area contributed by atoms with Crippen molar-refractivity contribution in [2.24, 2.45) is 0 Å². The average Bonchev–Trinajstić information content (AvgIpc) is 3.39. The molecule has 0 fully saturated rings. The van der Waals surface area contributed by atoms with E-state index in [2.05, 4.69) is 96.5 Å². The van der Waals surface area contributed by atoms with E-state index in [1.54, 1.807) is 0 Å². The zero-order valence-corrected chi connectivity index (χ0v) is 22.7. The van der Waals surface area contributed by atoms with Gasteiger partial charge in [0.05, 0.1) is 0 Å². The summed E-state index contributed by atoms with van der Waals surface area (Å²) in [7, 11) is 0. The summed E-state index contributed by atoms with van der Waals surface area (Å²) in [6.45, 7) is 0. The minimum absolute atomic E-state index is 0. The third-order valence-corrected chi connectivity index (χ3v) is 3.56. The molecule has 2 aliphatic rings. The van der Waals surface area contributed by atoms with Crippen molar-refractivity contribution in [3.8, 4) is 0 Å². The van der Waals surface area contributed by atoms with E-state index in [1.807, 2.05) is 12.1 Å². The number of halogens is 2. The van der Waals surface area contributed by atoms with Crippen LogP contribution in [-0.4, -0.2) is 15.4 Å². The normalized spacial score (nSPS) is 12.5. The second-order valence-corrected chi connectivity index (χ2v) is 8.13. The van der Waals surface area contributed by atoms with Crippen molar-refractivity contribution >= 4 is 26.6 Å². The van der Waals surface area contributed by atoms with Crippen molar-refractivity contribution in [2.45, 2.75) is 24.4 Å². The molecule has 0 aliphatic heterocycles. The zero-order valence-electron chi connectivity index (χ0n) is 16.3. The molecule has 0 aromatic heterocycles. The molecule has 2 aromatic carbocycles. The number of hydrogen-bond donors (Lipinski definition) is 0. The van der Waals surface area contributed by atoms with Gasteiger partial charge in [-0.1, -0.05) is 49.2 Å². The minimum Gasteiger partial charge on any atom is -1.00 e. The van der Waals surface area contributed by atoms with Gasteiger partial charge < -0.3 is 24.8 Å². The van der Waals surface area contributed by atoms with Gasteiger partial charge in [0, 0.05) is 0 Å². The van der Waals surface area contributed by atoms with Gasteiger partial charge in [-0.05, 0) is 0 Å². The summed E-state index contributed by atoms with van der Waals surface area (Å²) in [5.41, 5.74) is 4.98. The SMILES string of the molecule is [C-]1=C(c2ccccc2)C=CC1.[C-]1=C(c2ccccc2)C=CC1.[CH3][GeH][CH3].[Cl-].[Cl-].[Zr+4]. The first-order valence-corrected chi connectivity index (χ1v) is 13.6. The van der Waals surface area contributed by atoms with Gasteiger partial charge in [-0.15, -0.1) is 47.5 Å². The van der Waals surface area contributed by atoms with Crippen LogP contribution in [0.2, 0.25) is 11.5 Å². The van der Waals surface area contributed by atoms with Gasteiger partial charge in [-0.25, -0.2) is 0 Å². The predicted octanol–water partition coefficient (Wildman–Crippen LogP) is 0.191. The molecule has 28 heavy (non-hydrogen) atoms. The smallest absolute Gasteiger partial charge is 1.00 e. The Balaban J connectivity index is 0. The van der Waals surface area contributed by atoms with E-state index in [0.29, 0.717) is 15.4 Å². The maximum atomic E-state index is 3.28. The van der Waals surface area contributed by atoms with Crippen LogP contribution < -0.4 is 24.8 Å². The first-order chi connectivity index (χ1) is 12.3. The Bertz CT molecular complexity index is 685. The van der Waals surface area contributed by atoms with E-state index in [9.17, 15) is 0 Å². The van der Waals surface area contributed by atoms with Crippen molar-refractivity contribution in [3.63, 3.8) is 0 Å². The molecule has 0 spiro atoms. The molecule has 2 aromatic rings. The molecule has 0 N–H and O–H groups in total. The van der Waals surface area contributed by atoms with E-state index in [-0.39, 0.29) is 51.0 Å². The van der Waals surface area contributed by atoms with Crippen molar-refractivity contribution in [1.29, 1.82) is 0 Å². The molecule has 4 rings (SSSR count). The van der Waals surface area contributed by atoms with Crippen LogP contribution in [0.1, 0.15) is 24.0 Å². The zero-order chi connectivity index (χ0) is 17.7. The van der Waals surface area contributed by atoms with Crippen LogP contribution in [0.3, 0.4) is 0 Å².